The lowest BCUT2D eigenvalue weighted by Gasteiger charge is -2.35. The van der Waals surface area contributed by atoms with Crippen LogP contribution in [-0.4, -0.2) is 73.6 Å². The maximum atomic E-state index is 11.9. The van der Waals surface area contributed by atoms with Gasteiger partial charge in [0.15, 0.2) is 17.7 Å². The van der Waals surface area contributed by atoms with Crippen LogP contribution < -0.4 is 0 Å². The fourth-order valence-corrected chi connectivity index (χ4v) is 1.73. The van der Waals surface area contributed by atoms with Gasteiger partial charge in [-0.15, -0.1) is 0 Å². The van der Waals surface area contributed by atoms with Crippen LogP contribution in [0.3, 0.4) is 0 Å². The summed E-state index contributed by atoms with van der Waals surface area (Å²) in [5.74, 6) is -7.50. The number of Topliss-reactive ketones (excluding diaryl/α,β-unsaturated/α-hetero) is 3. The van der Waals surface area contributed by atoms with E-state index >= 15 is 0 Å². The molecule has 0 aliphatic carbocycles. The Hall–Kier alpha value is -2.17. The van der Waals surface area contributed by atoms with Crippen molar-refractivity contribution in [2.75, 3.05) is 0 Å². The van der Waals surface area contributed by atoms with Crippen molar-refractivity contribution in [3.05, 3.63) is 0 Å². The number of ether oxygens (including phenoxy) is 1. The third-order valence-electron chi connectivity index (χ3n) is 2.80. The average Bonchev–Trinajstić information content (AvgIpc) is 2.40. The topological polar surface area (TPSA) is 176 Å². The van der Waals surface area contributed by atoms with Gasteiger partial charge < -0.3 is 25.2 Å². The highest BCUT2D eigenvalue weighted by molar-refractivity contribution is 6.44. The van der Waals surface area contributed by atoms with Crippen LogP contribution in [0, 0.1) is 0 Å². The summed E-state index contributed by atoms with van der Waals surface area (Å²) in [6.45, 7) is 2.17. The fraction of sp³-hybridized carbons (Fsp3) is 0.583. The van der Waals surface area contributed by atoms with Crippen LogP contribution in [0.15, 0.2) is 0 Å². The second kappa shape index (κ2) is 7.20. The van der Waals surface area contributed by atoms with Crippen molar-refractivity contribution in [1.82, 2.24) is 0 Å². The van der Waals surface area contributed by atoms with Crippen LogP contribution >= 0.6 is 0 Å². The third kappa shape index (κ3) is 3.72. The van der Waals surface area contributed by atoms with E-state index in [0.717, 1.165) is 13.8 Å². The number of hydrogen-bond donors (Lipinski definition) is 4. The summed E-state index contributed by atoms with van der Waals surface area (Å²) >= 11 is 0. The van der Waals surface area contributed by atoms with Gasteiger partial charge in [-0.25, -0.2) is 4.79 Å². The van der Waals surface area contributed by atoms with Crippen LogP contribution in [0.2, 0.25) is 0 Å². The molecule has 10 nitrogen and oxygen atoms in total. The van der Waals surface area contributed by atoms with Crippen molar-refractivity contribution < 1.29 is 49.1 Å². The first-order valence-electron chi connectivity index (χ1n) is 5.92. The Kier molecular flexibility index (Phi) is 6.49. The van der Waals surface area contributed by atoms with Gasteiger partial charge in [0.2, 0.25) is 0 Å². The molecule has 0 rings (SSSR count). The Labute approximate surface area is 124 Å². The van der Waals surface area contributed by atoms with E-state index in [2.05, 4.69) is 4.74 Å². The zero-order chi connectivity index (χ0) is 17.8. The fourth-order valence-electron chi connectivity index (χ4n) is 1.73. The Morgan fingerprint density at radius 3 is 1.68 bits per heavy atom. The normalized spacial score (nSPS) is 17.5. The standard InChI is InChI=1S/C12H16O10/c1-4(13)9(18)12(5(2)14,22-6(3)15)10(19)7(16)8(17)11(20)21/h7-8,10,16-17,19H,1-3H3,(H,20,21)/t7-,8+,10+,12+/m1/s1. The minimum absolute atomic E-state index is 0.687. The van der Waals surface area contributed by atoms with E-state index in [9.17, 15) is 39.3 Å². The first-order chi connectivity index (χ1) is 9.89. The molecule has 0 saturated carbocycles. The molecule has 0 aliphatic heterocycles. The summed E-state index contributed by atoms with van der Waals surface area (Å²) in [6, 6.07) is 0. The van der Waals surface area contributed by atoms with Crippen LogP contribution in [0.4, 0.5) is 0 Å². The number of carboxylic acid groups (broad SMARTS) is 1. The van der Waals surface area contributed by atoms with Gasteiger partial charge in [-0.1, -0.05) is 0 Å². The number of esters is 1. The van der Waals surface area contributed by atoms with Gasteiger partial charge >= 0.3 is 11.9 Å². The molecule has 0 heterocycles. The van der Waals surface area contributed by atoms with Gasteiger partial charge in [0, 0.05) is 13.8 Å². The molecule has 22 heavy (non-hydrogen) atoms. The van der Waals surface area contributed by atoms with Crippen LogP contribution in [0.1, 0.15) is 20.8 Å². The maximum absolute atomic E-state index is 11.9. The summed E-state index contributed by atoms with van der Waals surface area (Å²) in [7, 11) is 0. The highest BCUT2D eigenvalue weighted by Gasteiger charge is 2.58. The SMILES string of the molecule is CC(=O)O[C@@](C(C)=O)(C(=O)C(C)=O)[C@@H](O)[C@H](O)[C@H](O)C(=O)O. The molecular formula is C12H16O10. The highest BCUT2D eigenvalue weighted by Crippen LogP contribution is 2.25. The summed E-state index contributed by atoms with van der Waals surface area (Å²) in [5, 5.41) is 37.3. The van der Waals surface area contributed by atoms with Gasteiger partial charge in [-0.05, 0) is 6.92 Å². The summed E-state index contributed by atoms with van der Waals surface area (Å²) < 4.78 is 4.46. The quantitative estimate of drug-likeness (QED) is 0.207. The Balaban J connectivity index is 6.09. The van der Waals surface area contributed by atoms with Crippen LogP contribution in [0.25, 0.3) is 0 Å². The molecule has 0 unspecified atom stereocenters. The number of rotatable bonds is 8. The van der Waals surface area contributed by atoms with Gasteiger partial charge in [0.05, 0.1) is 0 Å². The zero-order valence-electron chi connectivity index (χ0n) is 12.0. The molecule has 0 amide bonds. The van der Waals surface area contributed by atoms with E-state index in [0.29, 0.717) is 6.92 Å². The molecule has 0 spiro atoms. The predicted octanol–water partition coefficient (Wildman–Crippen LogP) is -2.80. The Morgan fingerprint density at radius 2 is 1.41 bits per heavy atom. The molecule has 0 aromatic rings. The van der Waals surface area contributed by atoms with Gasteiger partial charge in [-0.2, -0.15) is 0 Å². The van der Waals surface area contributed by atoms with E-state index in [1.807, 2.05) is 0 Å². The number of aliphatic carboxylic acids is 1. The van der Waals surface area contributed by atoms with Crippen molar-refractivity contribution in [2.45, 2.75) is 44.7 Å². The molecule has 0 bridgehead atoms. The molecule has 0 saturated heterocycles. The third-order valence-corrected chi connectivity index (χ3v) is 2.80. The molecule has 0 aliphatic rings. The molecular weight excluding hydrogens is 304 g/mol. The number of carboxylic acids is 1. The van der Waals surface area contributed by atoms with Gasteiger partial charge in [0.25, 0.3) is 11.4 Å². The second-order valence-electron chi connectivity index (χ2n) is 4.49. The number of hydrogen-bond acceptors (Lipinski definition) is 9. The predicted molar refractivity (Wildman–Crippen MR) is 66.5 cm³/mol. The highest BCUT2D eigenvalue weighted by atomic mass is 16.6. The van der Waals surface area contributed by atoms with Crippen molar-refractivity contribution in [3.8, 4) is 0 Å². The molecule has 4 N–H and O–H groups in total. The molecule has 0 radical (unpaired) electrons. The van der Waals surface area contributed by atoms with E-state index in [4.69, 9.17) is 5.11 Å². The second-order valence-corrected chi connectivity index (χ2v) is 4.49. The van der Waals surface area contributed by atoms with E-state index in [-0.39, 0.29) is 0 Å². The van der Waals surface area contributed by atoms with E-state index < -0.39 is 53.2 Å². The lowest BCUT2D eigenvalue weighted by Crippen LogP contribution is -2.65. The molecule has 10 heteroatoms. The number of aliphatic hydroxyl groups is 3. The molecule has 0 fully saturated rings. The van der Waals surface area contributed by atoms with E-state index in [1.165, 1.54) is 0 Å². The van der Waals surface area contributed by atoms with Gasteiger partial charge in [-0.3, -0.25) is 19.2 Å². The summed E-state index contributed by atoms with van der Waals surface area (Å²) in [5.41, 5.74) is -3.15. The van der Waals surface area contributed by atoms with Crippen LogP contribution in [-0.2, 0) is 28.7 Å². The van der Waals surface area contributed by atoms with Gasteiger partial charge in [0.1, 0.15) is 12.2 Å². The lowest BCUT2D eigenvalue weighted by atomic mass is 9.81. The van der Waals surface area contributed by atoms with Crippen molar-refractivity contribution >= 4 is 29.3 Å². The zero-order valence-corrected chi connectivity index (χ0v) is 12.0. The summed E-state index contributed by atoms with van der Waals surface area (Å²) in [4.78, 5) is 56.6. The Morgan fingerprint density at radius 1 is 0.955 bits per heavy atom. The smallest absolute Gasteiger partial charge is 0.335 e. The monoisotopic (exact) mass is 320 g/mol. The molecule has 0 aromatic heterocycles. The minimum Gasteiger partial charge on any atom is -0.479 e. The number of aliphatic hydroxyl groups excluding tert-OH is 3. The maximum Gasteiger partial charge on any atom is 0.335 e. The molecule has 124 valence electrons. The van der Waals surface area contributed by atoms with E-state index in [1.54, 1.807) is 0 Å². The number of carbonyl (C=O) groups excluding carboxylic acids is 4. The number of carbonyl (C=O) groups is 5. The molecule has 4 atom stereocenters. The minimum atomic E-state index is -3.15. The Bertz CT molecular complexity index is 510. The largest absolute Gasteiger partial charge is 0.479 e. The van der Waals surface area contributed by atoms with Crippen molar-refractivity contribution in [3.63, 3.8) is 0 Å². The first-order valence-corrected chi connectivity index (χ1v) is 5.92. The van der Waals surface area contributed by atoms with Crippen molar-refractivity contribution in [2.24, 2.45) is 0 Å². The molecule has 0 aromatic carbocycles. The van der Waals surface area contributed by atoms with Crippen LogP contribution in [0.5, 0.6) is 0 Å². The average molecular weight is 320 g/mol. The summed E-state index contributed by atoms with van der Waals surface area (Å²) in [6.07, 6.45) is -7.84. The lowest BCUT2D eigenvalue weighted by molar-refractivity contribution is -0.199. The first kappa shape index (κ1) is 19.8. The number of ketones is 3. The van der Waals surface area contributed by atoms with Crippen molar-refractivity contribution in [1.29, 1.82) is 0 Å².